The highest BCUT2D eigenvalue weighted by atomic mass is 19.4. The molecule has 1 amide bonds. The average Bonchev–Trinajstić information content (AvgIpc) is 2.76. The van der Waals surface area contributed by atoms with E-state index in [-0.39, 0.29) is 23.7 Å². The van der Waals surface area contributed by atoms with Crippen molar-refractivity contribution in [2.45, 2.75) is 12.8 Å². The highest BCUT2D eigenvalue weighted by Crippen LogP contribution is 2.30. The number of amides is 1. The second-order valence-electron chi connectivity index (χ2n) is 6.69. The van der Waals surface area contributed by atoms with Crippen molar-refractivity contribution in [2.75, 3.05) is 5.32 Å². The number of halogens is 4. The largest absolute Gasteiger partial charge is 0.489 e. The van der Waals surface area contributed by atoms with Crippen molar-refractivity contribution < 1.29 is 27.1 Å². The van der Waals surface area contributed by atoms with Crippen molar-refractivity contribution >= 4 is 17.7 Å². The van der Waals surface area contributed by atoms with Crippen LogP contribution in [-0.2, 0) is 17.6 Å². The lowest BCUT2D eigenvalue weighted by Crippen LogP contribution is -2.14. The number of nitrogens with zero attached hydrogens (tertiary/aromatic N) is 1. The number of anilines is 1. The van der Waals surface area contributed by atoms with Gasteiger partial charge in [-0.15, -0.1) is 0 Å². The average molecular weight is 440 g/mol. The van der Waals surface area contributed by atoms with Gasteiger partial charge in [-0.1, -0.05) is 30.3 Å². The predicted molar refractivity (Wildman–Crippen MR) is 111 cm³/mol. The number of rotatable bonds is 6. The van der Waals surface area contributed by atoms with Crippen LogP contribution in [0.3, 0.4) is 0 Å². The highest BCUT2D eigenvalue weighted by molar-refractivity contribution is 6.09. The zero-order valence-electron chi connectivity index (χ0n) is 16.5. The summed E-state index contributed by atoms with van der Waals surface area (Å²) in [6, 6.07) is 18.3. The summed E-state index contributed by atoms with van der Waals surface area (Å²) in [5, 5.41) is 11.6. The van der Waals surface area contributed by atoms with Crippen LogP contribution < -0.4 is 10.1 Å². The third-order valence-electron chi connectivity index (χ3n) is 4.30. The van der Waals surface area contributed by atoms with Gasteiger partial charge >= 0.3 is 6.18 Å². The molecule has 0 spiro atoms. The first-order valence-electron chi connectivity index (χ1n) is 9.32. The maximum atomic E-state index is 13.2. The first kappa shape index (κ1) is 22.6. The number of nitrogens with one attached hydrogen (secondary N) is 1. The molecule has 0 atom stereocenters. The van der Waals surface area contributed by atoms with Crippen molar-refractivity contribution in [3.63, 3.8) is 0 Å². The van der Waals surface area contributed by atoms with Crippen molar-refractivity contribution in [1.82, 2.24) is 0 Å². The molecule has 0 unspecified atom stereocenters. The molecule has 32 heavy (non-hydrogen) atoms. The van der Waals surface area contributed by atoms with Crippen LogP contribution in [0.5, 0.6) is 5.75 Å². The Labute approximate surface area is 181 Å². The Hall–Kier alpha value is -4.12. The van der Waals surface area contributed by atoms with Gasteiger partial charge in [0.25, 0.3) is 5.91 Å². The second-order valence-corrected chi connectivity index (χ2v) is 6.69. The number of nitriles is 1. The van der Waals surface area contributed by atoms with E-state index < -0.39 is 17.6 Å². The summed E-state index contributed by atoms with van der Waals surface area (Å²) in [6.07, 6.45) is -3.24. The van der Waals surface area contributed by atoms with Crippen molar-refractivity contribution in [3.05, 3.63) is 101 Å². The van der Waals surface area contributed by atoms with Crippen LogP contribution in [0.25, 0.3) is 6.08 Å². The van der Waals surface area contributed by atoms with Gasteiger partial charge in [-0.2, -0.15) is 18.4 Å². The molecule has 0 heterocycles. The minimum absolute atomic E-state index is 0.0768. The van der Waals surface area contributed by atoms with E-state index in [1.54, 1.807) is 42.5 Å². The summed E-state index contributed by atoms with van der Waals surface area (Å²) in [5.74, 6) is -0.699. The van der Waals surface area contributed by atoms with E-state index in [0.717, 1.165) is 18.2 Å². The normalized spacial score (nSPS) is 11.5. The third kappa shape index (κ3) is 6.19. The van der Waals surface area contributed by atoms with Gasteiger partial charge in [-0.05, 0) is 59.7 Å². The summed E-state index contributed by atoms with van der Waals surface area (Å²) in [7, 11) is 0. The SMILES string of the molecule is N#C/C(=C\c1ccc(OCc2cccc(F)c2)cc1)C(=O)Nc1cccc(C(F)(F)F)c1. The molecule has 0 aromatic heterocycles. The fraction of sp³-hybridized carbons (Fsp3) is 0.0833. The molecule has 0 saturated carbocycles. The van der Waals surface area contributed by atoms with Gasteiger partial charge in [-0.3, -0.25) is 4.79 Å². The summed E-state index contributed by atoms with van der Waals surface area (Å²) in [6.45, 7) is 0.162. The zero-order chi connectivity index (χ0) is 23.1. The van der Waals surface area contributed by atoms with Crippen molar-refractivity contribution in [3.8, 4) is 11.8 Å². The van der Waals surface area contributed by atoms with Crippen molar-refractivity contribution in [2.24, 2.45) is 0 Å². The summed E-state index contributed by atoms with van der Waals surface area (Å²) in [4.78, 5) is 12.3. The maximum Gasteiger partial charge on any atom is 0.416 e. The van der Waals surface area contributed by atoms with Crippen LogP contribution in [0.1, 0.15) is 16.7 Å². The van der Waals surface area contributed by atoms with Gasteiger partial charge in [-0.25, -0.2) is 4.39 Å². The second kappa shape index (κ2) is 9.79. The van der Waals surface area contributed by atoms with Gasteiger partial charge in [0.15, 0.2) is 0 Å². The van der Waals surface area contributed by atoms with E-state index in [0.29, 0.717) is 16.9 Å². The first-order chi connectivity index (χ1) is 15.2. The Balaban J connectivity index is 1.66. The number of hydrogen-bond donors (Lipinski definition) is 1. The number of benzene rings is 3. The minimum Gasteiger partial charge on any atom is -0.489 e. The molecular formula is C24H16F4N2O2. The lowest BCUT2D eigenvalue weighted by Gasteiger charge is -2.09. The lowest BCUT2D eigenvalue weighted by molar-refractivity contribution is -0.137. The molecule has 3 rings (SSSR count). The molecule has 0 aliphatic heterocycles. The highest BCUT2D eigenvalue weighted by Gasteiger charge is 2.30. The number of ether oxygens (including phenoxy) is 1. The molecule has 1 N–H and O–H groups in total. The summed E-state index contributed by atoms with van der Waals surface area (Å²) in [5.41, 5.74) is -0.0969. The standard InChI is InChI=1S/C24H16F4N2O2/c25-20-5-1-3-17(12-20)15-32-22-9-7-16(8-10-22)11-18(14-29)23(31)30-21-6-2-4-19(13-21)24(26,27)28/h1-13H,15H2,(H,30,31)/b18-11+. The van der Waals surface area contributed by atoms with Crippen molar-refractivity contribution in [1.29, 1.82) is 5.26 Å². The van der Waals surface area contributed by atoms with E-state index in [1.165, 1.54) is 24.3 Å². The Morgan fingerprint density at radius 2 is 1.75 bits per heavy atom. The minimum atomic E-state index is -4.55. The molecule has 8 heteroatoms. The molecule has 0 radical (unpaired) electrons. The van der Waals surface area contributed by atoms with E-state index >= 15 is 0 Å². The maximum absolute atomic E-state index is 13.2. The molecular weight excluding hydrogens is 424 g/mol. The Bertz CT molecular complexity index is 1180. The van der Waals surface area contributed by atoms with Gasteiger partial charge in [0.1, 0.15) is 29.8 Å². The molecule has 3 aromatic rings. The Kier molecular flexibility index (Phi) is 6.90. The smallest absolute Gasteiger partial charge is 0.416 e. The van der Waals surface area contributed by atoms with Gasteiger partial charge < -0.3 is 10.1 Å². The fourth-order valence-electron chi connectivity index (χ4n) is 2.74. The fourth-order valence-corrected chi connectivity index (χ4v) is 2.74. The van der Waals surface area contributed by atoms with E-state index in [4.69, 9.17) is 4.74 Å². The number of carbonyl (C=O) groups is 1. The molecule has 0 saturated heterocycles. The quantitative estimate of drug-likeness (QED) is 0.292. The lowest BCUT2D eigenvalue weighted by atomic mass is 10.1. The Morgan fingerprint density at radius 1 is 1.03 bits per heavy atom. The molecule has 162 valence electrons. The Morgan fingerprint density at radius 3 is 2.41 bits per heavy atom. The molecule has 3 aromatic carbocycles. The van der Waals surface area contributed by atoms with Crippen LogP contribution >= 0.6 is 0 Å². The first-order valence-corrected chi connectivity index (χ1v) is 9.32. The zero-order valence-corrected chi connectivity index (χ0v) is 16.5. The predicted octanol–water partition coefficient (Wildman–Crippen LogP) is 5.97. The van der Waals surface area contributed by atoms with Crippen LogP contribution in [0.15, 0.2) is 78.4 Å². The van der Waals surface area contributed by atoms with Gasteiger partial charge in [0, 0.05) is 5.69 Å². The third-order valence-corrected chi connectivity index (χ3v) is 4.30. The van der Waals surface area contributed by atoms with E-state index in [2.05, 4.69) is 5.32 Å². The van der Waals surface area contributed by atoms with Crippen LogP contribution in [0, 0.1) is 17.1 Å². The number of carbonyl (C=O) groups excluding carboxylic acids is 1. The van der Waals surface area contributed by atoms with Gasteiger partial charge in [0.2, 0.25) is 0 Å². The molecule has 0 bridgehead atoms. The molecule has 0 aliphatic rings. The van der Waals surface area contributed by atoms with Gasteiger partial charge in [0.05, 0.1) is 5.56 Å². The molecule has 0 fully saturated rings. The summed E-state index contributed by atoms with van der Waals surface area (Å²) < 4.78 is 57.2. The monoisotopic (exact) mass is 440 g/mol. The van der Waals surface area contributed by atoms with E-state index in [1.807, 2.05) is 0 Å². The number of alkyl halides is 3. The van der Waals surface area contributed by atoms with Crippen LogP contribution in [0.2, 0.25) is 0 Å². The van der Waals surface area contributed by atoms with Crippen LogP contribution in [0.4, 0.5) is 23.2 Å². The number of hydrogen-bond acceptors (Lipinski definition) is 3. The topological polar surface area (TPSA) is 62.1 Å². The molecule has 0 aliphatic carbocycles. The molecule has 4 nitrogen and oxygen atoms in total. The van der Waals surface area contributed by atoms with Crippen LogP contribution in [-0.4, -0.2) is 5.91 Å². The van der Waals surface area contributed by atoms with E-state index in [9.17, 15) is 27.6 Å². The summed E-state index contributed by atoms with van der Waals surface area (Å²) >= 11 is 0.